The summed E-state index contributed by atoms with van der Waals surface area (Å²) in [4.78, 5) is 31.1. The third-order valence-corrected chi connectivity index (χ3v) is 4.88. The Kier molecular flexibility index (Phi) is 3.89. The monoisotopic (exact) mass is 301 g/mol. The zero-order valence-electron chi connectivity index (χ0n) is 13.3. The Bertz CT molecular complexity index is 601. The molecule has 5 nitrogen and oxygen atoms in total. The number of rotatable bonds is 1. The standard InChI is InChI=1S/C17H23N3O2/c1-12-6-3-7-13(18-12)16(22)20-11-5-10-17(2)14(20)8-4-9-15(21)19-17/h3,6-7,14H,4-5,8-11H2,1-2H3,(H,19,21)/t14-,17-/m0/s1. The Morgan fingerprint density at radius 3 is 3.00 bits per heavy atom. The predicted octanol–water partition coefficient (Wildman–Crippen LogP) is 2.05. The molecule has 2 aliphatic rings. The van der Waals surface area contributed by atoms with Gasteiger partial charge in [-0.3, -0.25) is 9.59 Å². The fourth-order valence-corrected chi connectivity index (χ4v) is 3.79. The number of carbonyl (C=O) groups excluding carboxylic acids is 2. The first kappa shape index (κ1) is 15.0. The normalized spacial score (nSPS) is 28.5. The van der Waals surface area contributed by atoms with Crippen LogP contribution in [0.3, 0.4) is 0 Å². The molecule has 0 radical (unpaired) electrons. The first-order valence-electron chi connectivity index (χ1n) is 8.05. The predicted molar refractivity (Wildman–Crippen MR) is 83.4 cm³/mol. The van der Waals surface area contributed by atoms with Crippen molar-refractivity contribution in [3.8, 4) is 0 Å². The highest BCUT2D eigenvalue weighted by Crippen LogP contribution is 2.33. The minimum absolute atomic E-state index is 0.0178. The molecule has 1 N–H and O–H groups in total. The number of nitrogens with zero attached hydrogens (tertiary/aromatic N) is 2. The van der Waals surface area contributed by atoms with Crippen molar-refractivity contribution in [3.05, 3.63) is 29.6 Å². The number of pyridine rings is 1. The van der Waals surface area contributed by atoms with Crippen LogP contribution in [0.15, 0.2) is 18.2 Å². The van der Waals surface area contributed by atoms with Crippen LogP contribution in [0.25, 0.3) is 0 Å². The molecule has 118 valence electrons. The van der Waals surface area contributed by atoms with Gasteiger partial charge in [0, 0.05) is 18.7 Å². The molecule has 3 rings (SSSR count). The summed E-state index contributed by atoms with van der Waals surface area (Å²) in [6.45, 7) is 4.71. The number of aromatic nitrogens is 1. The van der Waals surface area contributed by atoms with Crippen molar-refractivity contribution >= 4 is 11.8 Å². The lowest BCUT2D eigenvalue weighted by Crippen LogP contribution is -2.63. The second kappa shape index (κ2) is 5.71. The molecule has 0 unspecified atom stereocenters. The summed E-state index contributed by atoms with van der Waals surface area (Å²) in [7, 11) is 0. The van der Waals surface area contributed by atoms with Gasteiger partial charge < -0.3 is 10.2 Å². The summed E-state index contributed by atoms with van der Waals surface area (Å²) < 4.78 is 0. The molecule has 2 saturated heterocycles. The van der Waals surface area contributed by atoms with E-state index in [1.807, 2.05) is 24.0 Å². The number of amides is 2. The molecule has 1 aromatic rings. The highest BCUT2D eigenvalue weighted by Gasteiger charge is 2.45. The fraction of sp³-hybridized carbons (Fsp3) is 0.588. The Hall–Kier alpha value is -1.91. The van der Waals surface area contributed by atoms with E-state index >= 15 is 0 Å². The van der Waals surface area contributed by atoms with Gasteiger partial charge in [0.15, 0.2) is 0 Å². The van der Waals surface area contributed by atoms with E-state index < -0.39 is 0 Å². The molecule has 5 heteroatoms. The Morgan fingerprint density at radius 1 is 1.41 bits per heavy atom. The summed E-state index contributed by atoms with van der Waals surface area (Å²) in [6, 6.07) is 5.59. The molecule has 2 atom stereocenters. The van der Waals surface area contributed by atoms with Gasteiger partial charge in [-0.2, -0.15) is 0 Å². The second-order valence-corrected chi connectivity index (χ2v) is 6.64. The van der Waals surface area contributed by atoms with Crippen molar-refractivity contribution in [3.63, 3.8) is 0 Å². The van der Waals surface area contributed by atoms with E-state index in [9.17, 15) is 9.59 Å². The molecule has 0 bridgehead atoms. The lowest BCUT2D eigenvalue weighted by Gasteiger charge is -2.47. The highest BCUT2D eigenvalue weighted by atomic mass is 16.2. The van der Waals surface area contributed by atoms with E-state index in [2.05, 4.69) is 17.2 Å². The van der Waals surface area contributed by atoms with Crippen LogP contribution in [-0.2, 0) is 4.79 Å². The SMILES string of the molecule is Cc1cccc(C(=O)N2CCC[C@]3(C)NC(=O)CCC[C@H]23)n1. The molecule has 0 aromatic carbocycles. The molecule has 2 fully saturated rings. The minimum atomic E-state index is -0.314. The van der Waals surface area contributed by atoms with Crippen molar-refractivity contribution in [1.29, 1.82) is 0 Å². The zero-order chi connectivity index (χ0) is 15.7. The van der Waals surface area contributed by atoms with Gasteiger partial charge >= 0.3 is 0 Å². The maximum Gasteiger partial charge on any atom is 0.272 e. The lowest BCUT2D eigenvalue weighted by molar-refractivity contribution is -0.123. The quantitative estimate of drug-likeness (QED) is 0.863. The molecule has 2 aliphatic heterocycles. The van der Waals surface area contributed by atoms with Gasteiger partial charge in [-0.05, 0) is 51.7 Å². The summed E-state index contributed by atoms with van der Waals surface area (Å²) in [5.41, 5.74) is 1.03. The first-order valence-corrected chi connectivity index (χ1v) is 8.05. The average Bonchev–Trinajstić information content (AvgIpc) is 2.63. The topological polar surface area (TPSA) is 62.3 Å². The van der Waals surface area contributed by atoms with Crippen LogP contribution < -0.4 is 5.32 Å². The molecule has 3 heterocycles. The van der Waals surface area contributed by atoms with Crippen molar-refractivity contribution in [2.45, 2.75) is 57.5 Å². The van der Waals surface area contributed by atoms with Gasteiger partial charge in [-0.1, -0.05) is 6.07 Å². The van der Waals surface area contributed by atoms with Crippen molar-refractivity contribution < 1.29 is 9.59 Å². The molecule has 1 aromatic heterocycles. The van der Waals surface area contributed by atoms with Gasteiger partial charge in [0.1, 0.15) is 5.69 Å². The molecule has 22 heavy (non-hydrogen) atoms. The number of hydrogen-bond donors (Lipinski definition) is 1. The smallest absolute Gasteiger partial charge is 0.272 e. The highest BCUT2D eigenvalue weighted by molar-refractivity contribution is 5.93. The van der Waals surface area contributed by atoms with Crippen LogP contribution in [-0.4, -0.2) is 39.8 Å². The number of likely N-dealkylation sites (tertiary alicyclic amines) is 1. The number of piperidine rings is 1. The molecule has 0 aliphatic carbocycles. The lowest BCUT2D eigenvalue weighted by atomic mass is 9.81. The summed E-state index contributed by atoms with van der Waals surface area (Å²) >= 11 is 0. The van der Waals surface area contributed by atoms with Crippen LogP contribution in [0, 0.1) is 6.92 Å². The maximum absolute atomic E-state index is 12.9. The fourth-order valence-electron chi connectivity index (χ4n) is 3.79. The van der Waals surface area contributed by atoms with Crippen LogP contribution in [0.4, 0.5) is 0 Å². The summed E-state index contributed by atoms with van der Waals surface area (Å²) in [5.74, 6) is 0.0868. The maximum atomic E-state index is 12.9. The van der Waals surface area contributed by atoms with Gasteiger partial charge in [0.25, 0.3) is 5.91 Å². The summed E-state index contributed by atoms with van der Waals surface area (Å²) in [5, 5.41) is 3.15. The number of carbonyl (C=O) groups is 2. The van der Waals surface area contributed by atoms with E-state index in [0.29, 0.717) is 12.1 Å². The minimum Gasteiger partial charge on any atom is -0.349 e. The Morgan fingerprint density at radius 2 is 2.23 bits per heavy atom. The van der Waals surface area contributed by atoms with Crippen molar-refractivity contribution in [1.82, 2.24) is 15.2 Å². The second-order valence-electron chi connectivity index (χ2n) is 6.64. The molecular weight excluding hydrogens is 278 g/mol. The average molecular weight is 301 g/mol. The van der Waals surface area contributed by atoms with Crippen LogP contribution >= 0.6 is 0 Å². The third-order valence-electron chi connectivity index (χ3n) is 4.88. The Balaban J connectivity index is 1.89. The van der Waals surface area contributed by atoms with Gasteiger partial charge in [-0.15, -0.1) is 0 Å². The molecule has 0 saturated carbocycles. The largest absolute Gasteiger partial charge is 0.349 e. The number of hydrogen-bond acceptors (Lipinski definition) is 3. The van der Waals surface area contributed by atoms with Gasteiger partial charge in [0.05, 0.1) is 11.6 Å². The molecule has 2 amide bonds. The van der Waals surface area contributed by atoms with E-state index in [-0.39, 0.29) is 23.4 Å². The number of fused-ring (bicyclic) bond motifs is 1. The van der Waals surface area contributed by atoms with Crippen molar-refractivity contribution in [2.24, 2.45) is 0 Å². The van der Waals surface area contributed by atoms with E-state index in [1.54, 1.807) is 6.07 Å². The van der Waals surface area contributed by atoms with E-state index in [4.69, 9.17) is 0 Å². The molecule has 0 spiro atoms. The molecular formula is C17H23N3O2. The zero-order valence-corrected chi connectivity index (χ0v) is 13.3. The van der Waals surface area contributed by atoms with Crippen LogP contribution in [0.2, 0.25) is 0 Å². The van der Waals surface area contributed by atoms with E-state index in [0.717, 1.165) is 37.9 Å². The van der Waals surface area contributed by atoms with Crippen LogP contribution in [0.5, 0.6) is 0 Å². The first-order chi connectivity index (χ1) is 10.5. The number of aryl methyl sites for hydroxylation is 1. The van der Waals surface area contributed by atoms with Gasteiger partial charge in [-0.25, -0.2) is 4.98 Å². The van der Waals surface area contributed by atoms with E-state index in [1.165, 1.54) is 0 Å². The third kappa shape index (κ3) is 2.72. The van der Waals surface area contributed by atoms with Gasteiger partial charge in [0.2, 0.25) is 5.91 Å². The van der Waals surface area contributed by atoms with Crippen molar-refractivity contribution in [2.75, 3.05) is 6.54 Å². The van der Waals surface area contributed by atoms with Crippen LogP contribution in [0.1, 0.15) is 55.2 Å². The number of nitrogens with one attached hydrogen (secondary N) is 1. The summed E-state index contributed by atoms with van der Waals surface area (Å²) in [6.07, 6.45) is 4.08. The Labute approximate surface area is 131 Å².